The second-order valence-corrected chi connectivity index (χ2v) is 4.11. The molecule has 2 aromatic carbocycles. The number of carbonyl (C=O) groups excluding carboxylic acids is 1. The van der Waals surface area contributed by atoms with Gasteiger partial charge >= 0.3 is 0 Å². The summed E-state index contributed by atoms with van der Waals surface area (Å²) in [6.07, 6.45) is 0. The van der Waals surface area contributed by atoms with E-state index in [1.807, 2.05) is 0 Å². The molecule has 0 aromatic heterocycles. The number of benzene rings is 2. The van der Waals surface area contributed by atoms with Crippen molar-refractivity contribution < 1.29 is 13.6 Å². The Kier molecular flexibility index (Phi) is 3.46. The van der Waals surface area contributed by atoms with Gasteiger partial charge in [0, 0.05) is 11.6 Å². The zero-order valence-corrected chi connectivity index (χ0v) is 10.2. The maximum Gasteiger partial charge on any atom is 0.159 e. The molecule has 0 bridgehead atoms. The van der Waals surface area contributed by atoms with Crippen LogP contribution in [0.15, 0.2) is 36.4 Å². The van der Waals surface area contributed by atoms with E-state index >= 15 is 0 Å². The van der Waals surface area contributed by atoms with Gasteiger partial charge in [0.25, 0.3) is 0 Å². The van der Waals surface area contributed by atoms with E-state index < -0.39 is 11.6 Å². The van der Waals surface area contributed by atoms with Crippen molar-refractivity contribution in [1.82, 2.24) is 0 Å². The van der Waals surface area contributed by atoms with Crippen molar-refractivity contribution in [3.63, 3.8) is 0 Å². The molecule has 0 unspecified atom stereocenters. The zero-order chi connectivity index (χ0) is 14.0. The molecular formula is C14H12F2N2O. The lowest BCUT2D eigenvalue weighted by molar-refractivity contribution is 0.101. The van der Waals surface area contributed by atoms with Gasteiger partial charge in [0.05, 0.1) is 17.1 Å². The van der Waals surface area contributed by atoms with Gasteiger partial charge in [-0.05, 0) is 37.3 Å². The van der Waals surface area contributed by atoms with E-state index in [-0.39, 0.29) is 11.5 Å². The summed E-state index contributed by atoms with van der Waals surface area (Å²) in [6.45, 7) is 1.42. The minimum atomic E-state index is -0.729. The fourth-order valence-corrected chi connectivity index (χ4v) is 1.62. The molecule has 0 heterocycles. The van der Waals surface area contributed by atoms with Gasteiger partial charge in [-0.3, -0.25) is 4.79 Å². The highest BCUT2D eigenvalue weighted by Crippen LogP contribution is 2.26. The van der Waals surface area contributed by atoms with E-state index in [2.05, 4.69) is 5.32 Å². The molecule has 2 aromatic rings. The van der Waals surface area contributed by atoms with Crippen LogP contribution in [0.4, 0.5) is 25.8 Å². The van der Waals surface area contributed by atoms with Gasteiger partial charge in [-0.15, -0.1) is 0 Å². The first kappa shape index (κ1) is 13.0. The summed E-state index contributed by atoms with van der Waals surface area (Å²) in [5.74, 6) is -1.51. The summed E-state index contributed by atoms with van der Waals surface area (Å²) in [4.78, 5) is 11.3. The Balaban J connectivity index is 2.37. The summed E-state index contributed by atoms with van der Waals surface area (Å²) in [5.41, 5.74) is 7.07. The summed E-state index contributed by atoms with van der Waals surface area (Å²) < 4.78 is 26.3. The molecule has 0 spiro atoms. The monoisotopic (exact) mass is 262 g/mol. The standard InChI is InChI=1S/C14H12F2N2O/c1-8(19)9-2-4-12(17)14(6-9)18-13-5-3-10(15)7-11(13)16/h2-7,18H,17H2,1H3. The molecule has 0 fully saturated rings. The third-order valence-corrected chi connectivity index (χ3v) is 2.66. The Morgan fingerprint density at radius 2 is 1.84 bits per heavy atom. The Bertz CT molecular complexity index is 641. The normalized spacial score (nSPS) is 10.3. The first-order chi connectivity index (χ1) is 8.97. The van der Waals surface area contributed by atoms with Crippen molar-refractivity contribution in [1.29, 1.82) is 0 Å². The number of nitrogen functional groups attached to an aromatic ring is 1. The van der Waals surface area contributed by atoms with Gasteiger partial charge < -0.3 is 11.1 Å². The van der Waals surface area contributed by atoms with Crippen LogP contribution in [-0.2, 0) is 0 Å². The van der Waals surface area contributed by atoms with Crippen molar-refractivity contribution >= 4 is 22.8 Å². The van der Waals surface area contributed by atoms with Crippen LogP contribution in [0.25, 0.3) is 0 Å². The highest BCUT2D eigenvalue weighted by atomic mass is 19.1. The number of nitrogens with two attached hydrogens (primary N) is 1. The molecular weight excluding hydrogens is 250 g/mol. The largest absolute Gasteiger partial charge is 0.397 e. The second-order valence-electron chi connectivity index (χ2n) is 4.11. The van der Waals surface area contributed by atoms with Crippen LogP contribution in [0.3, 0.4) is 0 Å². The number of ketones is 1. The number of rotatable bonds is 3. The lowest BCUT2D eigenvalue weighted by atomic mass is 10.1. The van der Waals surface area contributed by atoms with Crippen molar-refractivity contribution in [2.24, 2.45) is 0 Å². The number of anilines is 3. The van der Waals surface area contributed by atoms with E-state index in [1.54, 1.807) is 12.1 Å². The fourth-order valence-electron chi connectivity index (χ4n) is 1.62. The van der Waals surface area contributed by atoms with Crippen LogP contribution in [0, 0.1) is 11.6 Å². The molecule has 0 aliphatic rings. The van der Waals surface area contributed by atoms with Crippen LogP contribution in [0.5, 0.6) is 0 Å². The maximum atomic E-state index is 13.5. The number of nitrogens with one attached hydrogen (secondary N) is 1. The highest BCUT2D eigenvalue weighted by Gasteiger charge is 2.08. The van der Waals surface area contributed by atoms with Crippen molar-refractivity contribution in [2.75, 3.05) is 11.1 Å². The third-order valence-electron chi connectivity index (χ3n) is 2.66. The summed E-state index contributed by atoms with van der Waals surface area (Å²) in [7, 11) is 0. The summed E-state index contributed by atoms with van der Waals surface area (Å²) in [5, 5.41) is 2.74. The van der Waals surface area contributed by atoms with E-state index in [1.165, 1.54) is 19.1 Å². The number of hydrogen-bond donors (Lipinski definition) is 2. The number of halogens is 2. The predicted octanol–water partition coefficient (Wildman–Crippen LogP) is 3.49. The molecule has 2 rings (SSSR count). The summed E-state index contributed by atoms with van der Waals surface area (Å²) >= 11 is 0. The van der Waals surface area contributed by atoms with Crippen LogP contribution in [0.1, 0.15) is 17.3 Å². The number of Topliss-reactive ketones (excluding diaryl/α,β-unsaturated/α-hetero) is 1. The average Bonchev–Trinajstić information content (AvgIpc) is 2.34. The van der Waals surface area contributed by atoms with E-state index in [4.69, 9.17) is 5.73 Å². The molecule has 19 heavy (non-hydrogen) atoms. The zero-order valence-electron chi connectivity index (χ0n) is 10.2. The minimum Gasteiger partial charge on any atom is -0.397 e. The van der Waals surface area contributed by atoms with Crippen LogP contribution in [-0.4, -0.2) is 5.78 Å². The van der Waals surface area contributed by atoms with Crippen LogP contribution >= 0.6 is 0 Å². The van der Waals surface area contributed by atoms with Gasteiger partial charge in [0.15, 0.2) is 5.78 Å². The Morgan fingerprint density at radius 3 is 2.47 bits per heavy atom. The van der Waals surface area contributed by atoms with Crippen molar-refractivity contribution in [3.05, 3.63) is 53.6 Å². The lowest BCUT2D eigenvalue weighted by Crippen LogP contribution is -2.01. The number of hydrogen-bond acceptors (Lipinski definition) is 3. The van der Waals surface area contributed by atoms with Gasteiger partial charge in [-0.2, -0.15) is 0 Å². The smallest absolute Gasteiger partial charge is 0.159 e. The molecule has 5 heteroatoms. The highest BCUT2D eigenvalue weighted by molar-refractivity contribution is 5.96. The average molecular weight is 262 g/mol. The molecule has 0 saturated heterocycles. The Morgan fingerprint density at radius 1 is 1.11 bits per heavy atom. The molecule has 3 N–H and O–H groups in total. The molecule has 0 radical (unpaired) electrons. The lowest BCUT2D eigenvalue weighted by Gasteiger charge is -2.11. The molecule has 0 atom stereocenters. The molecule has 0 amide bonds. The maximum absolute atomic E-state index is 13.5. The molecule has 0 aliphatic heterocycles. The topological polar surface area (TPSA) is 55.1 Å². The van der Waals surface area contributed by atoms with E-state index in [9.17, 15) is 13.6 Å². The van der Waals surface area contributed by atoms with Gasteiger partial charge in [-0.25, -0.2) is 8.78 Å². The molecule has 0 aliphatic carbocycles. The first-order valence-electron chi connectivity index (χ1n) is 5.60. The SMILES string of the molecule is CC(=O)c1ccc(N)c(Nc2ccc(F)cc2F)c1. The summed E-state index contributed by atoms with van der Waals surface area (Å²) in [6, 6.07) is 7.85. The molecule has 3 nitrogen and oxygen atoms in total. The Hall–Kier alpha value is -2.43. The predicted molar refractivity (Wildman–Crippen MR) is 70.5 cm³/mol. The third kappa shape index (κ3) is 2.88. The minimum absolute atomic E-state index is 0.0915. The van der Waals surface area contributed by atoms with Gasteiger partial charge in [0.1, 0.15) is 11.6 Å². The van der Waals surface area contributed by atoms with Crippen LogP contribution < -0.4 is 11.1 Å². The van der Waals surface area contributed by atoms with E-state index in [0.717, 1.165) is 12.1 Å². The van der Waals surface area contributed by atoms with Gasteiger partial charge in [0.2, 0.25) is 0 Å². The second kappa shape index (κ2) is 5.06. The molecule has 98 valence electrons. The van der Waals surface area contributed by atoms with Crippen molar-refractivity contribution in [3.8, 4) is 0 Å². The fraction of sp³-hybridized carbons (Fsp3) is 0.0714. The molecule has 0 saturated carbocycles. The number of carbonyl (C=O) groups is 1. The Labute approximate surface area is 109 Å². The van der Waals surface area contributed by atoms with E-state index in [0.29, 0.717) is 16.9 Å². The van der Waals surface area contributed by atoms with Crippen LogP contribution in [0.2, 0.25) is 0 Å². The van der Waals surface area contributed by atoms with Crippen molar-refractivity contribution in [2.45, 2.75) is 6.92 Å². The quantitative estimate of drug-likeness (QED) is 0.657. The van der Waals surface area contributed by atoms with Gasteiger partial charge in [-0.1, -0.05) is 0 Å². The first-order valence-corrected chi connectivity index (χ1v) is 5.60.